The monoisotopic (exact) mass is 308 g/mol. The highest BCUT2D eigenvalue weighted by atomic mass is 16.5. The van der Waals surface area contributed by atoms with Gasteiger partial charge in [0.25, 0.3) is 5.56 Å². The number of aromatic nitrogens is 2. The maximum atomic E-state index is 11.7. The van der Waals surface area contributed by atoms with Crippen molar-refractivity contribution in [3.05, 3.63) is 71.0 Å². The number of hydrogen-bond acceptors (Lipinski definition) is 4. The lowest BCUT2D eigenvalue weighted by molar-refractivity contribution is 0.409. The minimum absolute atomic E-state index is 0.230. The van der Waals surface area contributed by atoms with Crippen molar-refractivity contribution in [2.45, 2.75) is 0 Å². The zero-order valence-electron chi connectivity index (χ0n) is 12.9. The van der Waals surface area contributed by atoms with Crippen LogP contribution in [0.2, 0.25) is 0 Å². The Labute approximate surface area is 133 Å². The van der Waals surface area contributed by atoms with E-state index in [0.717, 1.165) is 11.3 Å². The Hall–Kier alpha value is -3.08. The Morgan fingerprint density at radius 2 is 1.65 bits per heavy atom. The molecule has 2 aromatic carbocycles. The molecule has 0 spiro atoms. The Morgan fingerprint density at radius 1 is 0.957 bits per heavy atom. The molecule has 3 aromatic rings. The zero-order chi connectivity index (χ0) is 16.2. The van der Waals surface area contributed by atoms with E-state index in [-0.39, 0.29) is 5.56 Å². The molecule has 0 N–H and O–H groups in total. The number of benzene rings is 2. The summed E-state index contributed by atoms with van der Waals surface area (Å²) in [6.07, 6.45) is 0. The van der Waals surface area contributed by atoms with Crippen LogP contribution in [0.4, 0.5) is 0 Å². The van der Waals surface area contributed by atoms with Crippen LogP contribution in [-0.4, -0.2) is 16.9 Å². The quantitative estimate of drug-likeness (QED) is 0.742. The van der Waals surface area contributed by atoms with Crippen LogP contribution in [0.15, 0.2) is 65.5 Å². The van der Waals surface area contributed by atoms with Crippen LogP contribution in [-0.2, 0) is 7.05 Å². The summed E-state index contributed by atoms with van der Waals surface area (Å²) < 4.78 is 12.5. The summed E-state index contributed by atoms with van der Waals surface area (Å²) in [5, 5.41) is 4.32. The number of aryl methyl sites for hydroxylation is 1. The van der Waals surface area contributed by atoms with Crippen molar-refractivity contribution in [3.8, 4) is 28.5 Å². The fraction of sp³-hybridized carbons (Fsp3) is 0.111. The lowest BCUT2D eigenvalue weighted by Crippen LogP contribution is -2.19. The maximum Gasteiger partial charge on any atom is 0.270 e. The highest BCUT2D eigenvalue weighted by molar-refractivity contribution is 5.72. The number of ether oxygens (including phenoxy) is 2. The van der Waals surface area contributed by atoms with Crippen LogP contribution in [0.25, 0.3) is 11.3 Å². The molecule has 0 bridgehead atoms. The summed E-state index contributed by atoms with van der Waals surface area (Å²) in [5.74, 6) is 1.78. The third kappa shape index (κ3) is 3.08. The van der Waals surface area contributed by atoms with E-state index in [1.165, 1.54) is 17.9 Å². The fourth-order valence-electron chi connectivity index (χ4n) is 2.23. The number of para-hydroxylation sites is 2. The van der Waals surface area contributed by atoms with Crippen molar-refractivity contribution in [2.75, 3.05) is 7.11 Å². The fourth-order valence-corrected chi connectivity index (χ4v) is 2.23. The van der Waals surface area contributed by atoms with Crippen molar-refractivity contribution in [3.63, 3.8) is 0 Å². The minimum Gasteiger partial charge on any atom is -0.494 e. The second kappa shape index (κ2) is 6.36. The predicted octanol–water partition coefficient (Wildman–Crippen LogP) is 3.25. The van der Waals surface area contributed by atoms with Gasteiger partial charge in [0.1, 0.15) is 17.2 Å². The Balaban J connectivity index is 2.11. The number of methoxy groups -OCH3 is 1. The molecule has 0 saturated heterocycles. The van der Waals surface area contributed by atoms with Gasteiger partial charge in [0.05, 0.1) is 7.11 Å². The largest absolute Gasteiger partial charge is 0.494 e. The third-order valence-corrected chi connectivity index (χ3v) is 3.39. The number of nitrogens with zero attached hydrogens (tertiary/aromatic N) is 2. The molecular formula is C18H16N2O3. The molecule has 23 heavy (non-hydrogen) atoms. The van der Waals surface area contributed by atoms with E-state index in [1.54, 1.807) is 7.05 Å². The van der Waals surface area contributed by atoms with Gasteiger partial charge in [-0.1, -0.05) is 30.3 Å². The standard InChI is InChI=1S/C18H16N2O3/c1-20-17(21)12-16(22-2)18(19-20)14-10-6-7-11-15(14)23-13-8-4-3-5-9-13/h3-12H,1-2H3. The summed E-state index contributed by atoms with van der Waals surface area (Å²) in [5.41, 5.74) is 1.08. The molecule has 3 rings (SSSR count). The first-order valence-electron chi connectivity index (χ1n) is 7.13. The maximum absolute atomic E-state index is 11.7. The molecule has 0 radical (unpaired) electrons. The molecule has 5 heteroatoms. The first-order valence-corrected chi connectivity index (χ1v) is 7.13. The second-order valence-corrected chi connectivity index (χ2v) is 4.93. The van der Waals surface area contributed by atoms with Gasteiger partial charge < -0.3 is 9.47 Å². The molecule has 1 heterocycles. The molecular weight excluding hydrogens is 292 g/mol. The van der Waals surface area contributed by atoms with Crippen LogP contribution in [0.5, 0.6) is 17.2 Å². The lowest BCUT2D eigenvalue weighted by Gasteiger charge is -2.13. The molecule has 0 aliphatic rings. The Bertz CT molecular complexity index is 873. The molecule has 5 nitrogen and oxygen atoms in total. The van der Waals surface area contributed by atoms with Gasteiger partial charge in [-0.3, -0.25) is 4.79 Å². The van der Waals surface area contributed by atoms with Crippen LogP contribution >= 0.6 is 0 Å². The number of rotatable bonds is 4. The smallest absolute Gasteiger partial charge is 0.270 e. The average Bonchev–Trinajstić information content (AvgIpc) is 2.58. The van der Waals surface area contributed by atoms with E-state index in [2.05, 4.69) is 5.10 Å². The van der Waals surface area contributed by atoms with Gasteiger partial charge in [0, 0.05) is 18.7 Å². The molecule has 1 aromatic heterocycles. The summed E-state index contributed by atoms with van der Waals surface area (Å²) in [7, 11) is 3.12. The van der Waals surface area contributed by atoms with E-state index in [4.69, 9.17) is 9.47 Å². The van der Waals surface area contributed by atoms with E-state index >= 15 is 0 Å². The summed E-state index contributed by atoms with van der Waals surface area (Å²) in [6.45, 7) is 0. The van der Waals surface area contributed by atoms with Gasteiger partial charge in [-0.15, -0.1) is 0 Å². The number of hydrogen-bond donors (Lipinski definition) is 0. The van der Waals surface area contributed by atoms with E-state index in [0.29, 0.717) is 17.2 Å². The SMILES string of the molecule is COc1cc(=O)n(C)nc1-c1ccccc1Oc1ccccc1. The lowest BCUT2D eigenvalue weighted by atomic mass is 10.1. The normalized spacial score (nSPS) is 10.3. The first kappa shape index (κ1) is 14.8. The molecule has 0 amide bonds. The van der Waals surface area contributed by atoms with Gasteiger partial charge in [0.15, 0.2) is 5.75 Å². The second-order valence-electron chi connectivity index (χ2n) is 4.93. The molecule has 0 atom stereocenters. The molecule has 0 aliphatic heterocycles. The van der Waals surface area contributed by atoms with Crippen molar-refractivity contribution in [1.82, 2.24) is 9.78 Å². The van der Waals surface area contributed by atoms with E-state index in [1.807, 2.05) is 54.6 Å². The van der Waals surface area contributed by atoms with Crippen molar-refractivity contribution >= 4 is 0 Å². The highest BCUT2D eigenvalue weighted by Gasteiger charge is 2.15. The van der Waals surface area contributed by atoms with Gasteiger partial charge in [-0.25, -0.2) is 4.68 Å². The summed E-state index contributed by atoms with van der Waals surface area (Å²) >= 11 is 0. The average molecular weight is 308 g/mol. The first-order chi connectivity index (χ1) is 11.2. The predicted molar refractivity (Wildman–Crippen MR) is 88.0 cm³/mol. The van der Waals surface area contributed by atoms with Crippen LogP contribution in [0.3, 0.4) is 0 Å². The molecule has 116 valence electrons. The van der Waals surface area contributed by atoms with Crippen molar-refractivity contribution in [1.29, 1.82) is 0 Å². The van der Waals surface area contributed by atoms with E-state index < -0.39 is 0 Å². The van der Waals surface area contributed by atoms with E-state index in [9.17, 15) is 4.79 Å². The zero-order valence-corrected chi connectivity index (χ0v) is 12.9. The van der Waals surface area contributed by atoms with Gasteiger partial charge in [-0.05, 0) is 24.3 Å². The minimum atomic E-state index is -0.230. The van der Waals surface area contributed by atoms with Gasteiger partial charge >= 0.3 is 0 Å². The highest BCUT2D eigenvalue weighted by Crippen LogP contribution is 2.35. The molecule has 0 fully saturated rings. The topological polar surface area (TPSA) is 53.4 Å². The van der Waals surface area contributed by atoms with Crippen LogP contribution in [0.1, 0.15) is 0 Å². The Kier molecular flexibility index (Phi) is 4.10. The summed E-state index contributed by atoms with van der Waals surface area (Å²) in [4.78, 5) is 11.7. The summed E-state index contributed by atoms with van der Waals surface area (Å²) in [6, 6.07) is 18.4. The van der Waals surface area contributed by atoms with Crippen LogP contribution < -0.4 is 15.0 Å². The van der Waals surface area contributed by atoms with Crippen molar-refractivity contribution in [2.24, 2.45) is 7.05 Å². The van der Waals surface area contributed by atoms with Gasteiger partial charge in [0.2, 0.25) is 0 Å². The van der Waals surface area contributed by atoms with Crippen molar-refractivity contribution < 1.29 is 9.47 Å². The molecule has 0 aliphatic carbocycles. The molecule has 0 saturated carbocycles. The Morgan fingerprint density at radius 3 is 2.39 bits per heavy atom. The molecule has 0 unspecified atom stereocenters. The van der Waals surface area contributed by atoms with Gasteiger partial charge in [-0.2, -0.15) is 5.10 Å². The van der Waals surface area contributed by atoms with Crippen LogP contribution in [0, 0.1) is 0 Å². The third-order valence-electron chi connectivity index (χ3n) is 3.39.